The van der Waals surface area contributed by atoms with Gasteiger partial charge < -0.3 is 9.84 Å². The van der Waals surface area contributed by atoms with Gasteiger partial charge in [-0.1, -0.05) is 12.1 Å². The average molecular weight is 336 g/mol. The van der Waals surface area contributed by atoms with Crippen molar-refractivity contribution < 1.29 is 9.84 Å². The highest BCUT2D eigenvalue weighted by Crippen LogP contribution is 2.25. The van der Waals surface area contributed by atoms with E-state index < -0.39 is 0 Å². The maximum absolute atomic E-state index is 12.8. The Hall–Kier alpha value is -2.66. The summed E-state index contributed by atoms with van der Waals surface area (Å²) in [5.74, 6) is 1.40. The van der Waals surface area contributed by atoms with Gasteiger partial charge in [0, 0.05) is 6.42 Å². The third-order valence-corrected chi connectivity index (χ3v) is 4.70. The first kappa shape index (κ1) is 15.8. The standard InChI is InChI=1S/C20H20N2O3/c1-13-21-19-5-3-2-4-18(19)20(24)22(13)14-6-9-16(10-7-14)25-17-11-8-15(23)12-17/h2-7,9-10,15,17,23H,8,11-12H2,1H3. The Bertz CT molecular complexity index is 963. The summed E-state index contributed by atoms with van der Waals surface area (Å²) in [6, 6.07) is 14.8. The van der Waals surface area contributed by atoms with Gasteiger partial charge in [-0.3, -0.25) is 9.36 Å². The molecule has 1 saturated carbocycles. The normalized spacial score (nSPS) is 20.1. The SMILES string of the molecule is Cc1nc2ccccc2c(=O)n1-c1ccc(OC2CCC(O)C2)cc1. The highest BCUT2D eigenvalue weighted by Gasteiger charge is 2.24. The number of aliphatic hydroxyl groups excluding tert-OH is 1. The molecule has 5 nitrogen and oxygen atoms in total. The molecule has 2 atom stereocenters. The molecule has 25 heavy (non-hydrogen) atoms. The van der Waals surface area contributed by atoms with E-state index in [0.29, 0.717) is 23.1 Å². The first-order valence-corrected chi connectivity index (χ1v) is 8.55. The van der Waals surface area contributed by atoms with E-state index in [0.717, 1.165) is 24.3 Å². The van der Waals surface area contributed by atoms with Crippen LogP contribution in [0, 0.1) is 6.92 Å². The quantitative estimate of drug-likeness (QED) is 0.798. The Balaban J connectivity index is 1.66. The fourth-order valence-corrected chi connectivity index (χ4v) is 3.44. The molecule has 128 valence electrons. The third kappa shape index (κ3) is 3.03. The van der Waals surface area contributed by atoms with Gasteiger partial charge in [-0.05, 0) is 56.2 Å². The lowest BCUT2D eigenvalue weighted by Gasteiger charge is -2.15. The van der Waals surface area contributed by atoms with Crippen LogP contribution in [0.4, 0.5) is 0 Å². The molecule has 2 aromatic carbocycles. The Morgan fingerprint density at radius 2 is 1.88 bits per heavy atom. The van der Waals surface area contributed by atoms with Crippen molar-refractivity contribution in [3.63, 3.8) is 0 Å². The van der Waals surface area contributed by atoms with Crippen molar-refractivity contribution in [2.75, 3.05) is 0 Å². The zero-order valence-electron chi connectivity index (χ0n) is 14.1. The van der Waals surface area contributed by atoms with Crippen molar-refractivity contribution in [2.24, 2.45) is 0 Å². The number of benzene rings is 2. The smallest absolute Gasteiger partial charge is 0.265 e. The van der Waals surface area contributed by atoms with E-state index in [4.69, 9.17) is 4.74 Å². The van der Waals surface area contributed by atoms with Crippen LogP contribution >= 0.6 is 0 Å². The van der Waals surface area contributed by atoms with Crippen molar-refractivity contribution in [3.8, 4) is 11.4 Å². The topological polar surface area (TPSA) is 64.4 Å². The summed E-state index contributed by atoms with van der Waals surface area (Å²) in [4.78, 5) is 17.3. The Morgan fingerprint density at radius 1 is 1.12 bits per heavy atom. The predicted octanol–water partition coefficient (Wildman–Crippen LogP) is 2.99. The summed E-state index contributed by atoms with van der Waals surface area (Å²) < 4.78 is 7.52. The van der Waals surface area contributed by atoms with Gasteiger partial charge in [0.05, 0.1) is 22.7 Å². The minimum absolute atomic E-state index is 0.0626. The minimum atomic E-state index is -0.255. The highest BCUT2D eigenvalue weighted by molar-refractivity contribution is 5.77. The molecule has 0 radical (unpaired) electrons. The second-order valence-corrected chi connectivity index (χ2v) is 6.52. The predicted molar refractivity (Wildman–Crippen MR) is 96.4 cm³/mol. The lowest BCUT2D eigenvalue weighted by Crippen LogP contribution is -2.22. The van der Waals surface area contributed by atoms with Gasteiger partial charge in [-0.15, -0.1) is 0 Å². The molecule has 4 rings (SSSR count). The van der Waals surface area contributed by atoms with Crippen molar-refractivity contribution in [3.05, 3.63) is 64.7 Å². The molecule has 0 aliphatic heterocycles. The summed E-state index contributed by atoms with van der Waals surface area (Å²) in [6.45, 7) is 1.83. The monoisotopic (exact) mass is 336 g/mol. The van der Waals surface area contributed by atoms with Gasteiger partial charge in [-0.25, -0.2) is 4.98 Å². The molecule has 1 fully saturated rings. The number of fused-ring (bicyclic) bond motifs is 1. The summed E-state index contributed by atoms with van der Waals surface area (Å²) in [5, 5.41) is 10.2. The summed E-state index contributed by atoms with van der Waals surface area (Å²) in [7, 11) is 0. The molecule has 1 N–H and O–H groups in total. The molecule has 0 bridgehead atoms. The van der Waals surface area contributed by atoms with Crippen LogP contribution in [0.25, 0.3) is 16.6 Å². The van der Waals surface area contributed by atoms with E-state index in [9.17, 15) is 9.90 Å². The van der Waals surface area contributed by atoms with Gasteiger partial charge in [0.2, 0.25) is 0 Å². The fourth-order valence-electron chi connectivity index (χ4n) is 3.44. The van der Waals surface area contributed by atoms with E-state index in [2.05, 4.69) is 4.98 Å². The molecule has 1 aliphatic rings. The van der Waals surface area contributed by atoms with E-state index in [-0.39, 0.29) is 17.8 Å². The van der Waals surface area contributed by atoms with Gasteiger partial charge in [0.15, 0.2) is 0 Å². The minimum Gasteiger partial charge on any atom is -0.490 e. The van der Waals surface area contributed by atoms with Crippen LogP contribution in [0.1, 0.15) is 25.1 Å². The van der Waals surface area contributed by atoms with Crippen molar-refractivity contribution >= 4 is 10.9 Å². The van der Waals surface area contributed by atoms with E-state index in [1.807, 2.05) is 49.4 Å². The number of aliphatic hydroxyl groups is 1. The zero-order chi connectivity index (χ0) is 17.4. The second kappa shape index (κ2) is 6.33. The number of nitrogens with zero attached hydrogens (tertiary/aromatic N) is 2. The molecule has 1 aliphatic carbocycles. The van der Waals surface area contributed by atoms with Crippen LogP contribution in [0.3, 0.4) is 0 Å². The number of ether oxygens (including phenoxy) is 1. The Morgan fingerprint density at radius 3 is 2.60 bits per heavy atom. The van der Waals surface area contributed by atoms with Gasteiger partial charge in [0.1, 0.15) is 17.7 Å². The maximum atomic E-state index is 12.8. The number of aromatic nitrogens is 2. The molecule has 0 spiro atoms. The number of para-hydroxylation sites is 1. The van der Waals surface area contributed by atoms with Crippen molar-refractivity contribution in [1.82, 2.24) is 9.55 Å². The number of aryl methyl sites for hydroxylation is 1. The lowest BCUT2D eigenvalue weighted by atomic mass is 10.2. The zero-order valence-corrected chi connectivity index (χ0v) is 14.1. The molecule has 2 unspecified atom stereocenters. The molecular formula is C20H20N2O3. The molecule has 1 aromatic heterocycles. The van der Waals surface area contributed by atoms with Crippen molar-refractivity contribution in [1.29, 1.82) is 0 Å². The Labute approximate surface area is 145 Å². The summed E-state index contributed by atoms with van der Waals surface area (Å²) in [5.41, 5.74) is 1.40. The molecule has 0 saturated heterocycles. The third-order valence-electron chi connectivity index (χ3n) is 4.70. The second-order valence-electron chi connectivity index (χ2n) is 6.52. The first-order chi connectivity index (χ1) is 12.1. The van der Waals surface area contributed by atoms with E-state index >= 15 is 0 Å². The summed E-state index contributed by atoms with van der Waals surface area (Å²) >= 11 is 0. The number of hydrogen-bond acceptors (Lipinski definition) is 4. The molecule has 0 amide bonds. The van der Waals surface area contributed by atoms with Crippen molar-refractivity contribution in [2.45, 2.75) is 38.4 Å². The fraction of sp³-hybridized carbons (Fsp3) is 0.300. The van der Waals surface area contributed by atoms with Crippen LogP contribution in [0.2, 0.25) is 0 Å². The van der Waals surface area contributed by atoms with Crippen LogP contribution in [-0.2, 0) is 0 Å². The van der Waals surface area contributed by atoms with Gasteiger partial charge in [-0.2, -0.15) is 0 Å². The van der Waals surface area contributed by atoms with Gasteiger partial charge in [0.25, 0.3) is 5.56 Å². The highest BCUT2D eigenvalue weighted by atomic mass is 16.5. The molecule has 3 aromatic rings. The maximum Gasteiger partial charge on any atom is 0.265 e. The first-order valence-electron chi connectivity index (χ1n) is 8.55. The van der Waals surface area contributed by atoms with Crippen LogP contribution in [-0.4, -0.2) is 26.9 Å². The molecule has 5 heteroatoms. The number of rotatable bonds is 3. The number of hydrogen-bond donors (Lipinski definition) is 1. The summed E-state index contributed by atoms with van der Waals surface area (Å²) in [6.07, 6.45) is 2.15. The lowest BCUT2D eigenvalue weighted by molar-refractivity contribution is 0.150. The van der Waals surface area contributed by atoms with E-state index in [1.54, 1.807) is 10.6 Å². The van der Waals surface area contributed by atoms with Crippen LogP contribution < -0.4 is 10.3 Å². The average Bonchev–Trinajstić information content (AvgIpc) is 3.01. The van der Waals surface area contributed by atoms with E-state index in [1.165, 1.54) is 0 Å². The molecule has 1 heterocycles. The largest absolute Gasteiger partial charge is 0.490 e. The van der Waals surface area contributed by atoms with Crippen LogP contribution in [0.5, 0.6) is 5.75 Å². The Kier molecular flexibility index (Phi) is 4.01. The van der Waals surface area contributed by atoms with Crippen LogP contribution in [0.15, 0.2) is 53.3 Å². The van der Waals surface area contributed by atoms with Gasteiger partial charge >= 0.3 is 0 Å². The molecular weight excluding hydrogens is 316 g/mol.